The molecule has 0 fully saturated rings. The summed E-state index contributed by atoms with van der Waals surface area (Å²) in [7, 11) is 0. The maximum atomic E-state index is 11.6. The van der Waals surface area contributed by atoms with E-state index in [4.69, 9.17) is 9.26 Å². The van der Waals surface area contributed by atoms with E-state index >= 15 is 0 Å². The van der Waals surface area contributed by atoms with Crippen LogP contribution in [0.15, 0.2) is 26.5 Å². The second-order valence-corrected chi connectivity index (χ2v) is 6.02. The lowest BCUT2D eigenvalue weighted by atomic mass is 10.4. The van der Waals surface area contributed by atoms with Crippen molar-refractivity contribution in [3.05, 3.63) is 32.6 Å². The van der Waals surface area contributed by atoms with Gasteiger partial charge in [0.25, 0.3) is 5.91 Å². The lowest BCUT2D eigenvalue weighted by molar-refractivity contribution is -0.119. The van der Waals surface area contributed by atoms with Gasteiger partial charge in [0.1, 0.15) is 4.88 Å². The summed E-state index contributed by atoms with van der Waals surface area (Å²) in [5.41, 5.74) is 0.649. The summed E-state index contributed by atoms with van der Waals surface area (Å²) in [5, 5.41) is 6.04. The molecule has 0 saturated carbocycles. The molecule has 1 N–H and O–H groups in total. The molecule has 0 aliphatic heterocycles. The van der Waals surface area contributed by atoms with Gasteiger partial charge in [-0.25, -0.2) is 4.79 Å². The minimum absolute atomic E-state index is 0.220. The van der Waals surface area contributed by atoms with Crippen molar-refractivity contribution >= 4 is 45.0 Å². The number of carbonyl (C=O) groups is 2. The molecule has 2 heterocycles. The maximum absolute atomic E-state index is 11.6. The molecule has 2 aromatic heterocycles. The average molecular weight is 345 g/mol. The number of halogens is 1. The van der Waals surface area contributed by atoms with Crippen LogP contribution in [0.2, 0.25) is 0 Å². The van der Waals surface area contributed by atoms with Crippen LogP contribution in [0.5, 0.6) is 0 Å². The summed E-state index contributed by atoms with van der Waals surface area (Å²) in [6.07, 6.45) is 0. The van der Waals surface area contributed by atoms with Gasteiger partial charge in [-0.2, -0.15) is 0 Å². The molecule has 0 aliphatic carbocycles. The van der Waals surface area contributed by atoms with E-state index in [1.54, 1.807) is 25.1 Å². The summed E-state index contributed by atoms with van der Waals surface area (Å²) < 4.78 is 10.5. The van der Waals surface area contributed by atoms with E-state index in [2.05, 4.69) is 26.4 Å². The first-order valence-corrected chi connectivity index (χ1v) is 6.81. The van der Waals surface area contributed by atoms with Gasteiger partial charge in [0.05, 0.1) is 9.48 Å². The zero-order valence-electron chi connectivity index (χ0n) is 9.81. The van der Waals surface area contributed by atoms with E-state index in [0.717, 1.165) is 3.79 Å². The molecule has 0 aliphatic rings. The van der Waals surface area contributed by atoms with Crippen LogP contribution in [0.4, 0.5) is 5.88 Å². The van der Waals surface area contributed by atoms with Crippen LogP contribution in [-0.2, 0) is 9.53 Å². The molecule has 19 heavy (non-hydrogen) atoms. The Kier molecular flexibility index (Phi) is 4.33. The number of ether oxygens (including phenoxy) is 1. The Balaban J connectivity index is 1.82. The number of nitrogens with zero attached hydrogens (tertiary/aromatic N) is 1. The maximum Gasteiger partial charge on any atom is 0.348 e. The number of esters is 1. The minimum atomic E-state index is -0.542. The third-order valence-electron chi connectivity index (χ3n) is 2.00. The highest BCUT2D eigenvalue weighted by Crippen LogP contribution is 2.22. The van der Waals surface area contributed by atoms with Gasteiger partial charge in [-0.3, -0.25) is 10.1 Å². The highest BCUT2D eigenvalue weighted by molar-refractivity contribution is 9.11. The molecular formula is C11H9BrN2O4S. The largest absolute Gasteiger partial charge is 0.451 e. The smallest absolute Gasteiger partial charge is 0.348 e. The number of anilines is 1. The Morgan fingerprint density at radius 3 is 2.89 bits per heavy atom. The lowest BCUT2D eigenvalue weighted by Crippen LogP contribution is -2.20. The third-order valence-corrected chi connectivity index (χ3v) is 3.60. The van der Waals surface area contributed by atoms with Crippen molar-refractivity contribution in [2.45, 2.75) is 6.92 Å². The molecule has 100 valence electrons. The molecule has 0 radical (unpaired) electrons. The number of thiophene rings is 1. The van der Waals surface area contributed by atoms with Gasteiger partial charge in [-0.1, -0.05) is 5.16 Å². The second kappa shape index (κ2) is 5.98. The fourth-order valence-corrected chi connectivity index (χ4v) is 2.50. The number of aryl methyl sites for hydroxylation is 1. The molecule has 0 atom stereocenters. The van der Waals surface area contributed by atoms with Gasteiger partial charge in [0, 0.05) is 6.07 Å². The third kappa shape index (κ3) is 3.90. The van der Waals surface area contributed by atoms with E-state index in [-0.39, 0.29) is 12.5 Å². The number of hydrogen-bond donors (Lipinski definition) is 1. The molecule has 6 nitrogen and oxygen atoms in total. The van der Waals surface area contributed by atoms with Crippen molar-refractivity contribution in [3.8, 4) is 0 Å². The molecule has 2 rings (SSSR count). The van der Waals surface area contributed by atoms with Crippen LogP contribution in [0, 0.1) is 6.92 Å². The summed E-state index contributed by atoms with van der Waals surface area (Å²) in [5.74, 6) is -0.808. The van der Waals surface area contributed by atoms with Crippen LogP contribution in [0.3, 0.4) is 0 Å². The first-order valence-electron chi connectivity index (χ1n) is 5.20. The van der Waals surface area contributed by atoms with Gasteiger partial charge < -0.3 is 9.26 Å². The topological polar surface area (TPSA) is 81.4 Å². The van der Waals surface area contributed by atoms with Gasteiger partial charge in [-0.15, -0.1) is 11.3 Å². The molecule has 0 unspecified atom stereocenters. The van der Waals surface area contributed by atoms with Crippen molar-refractivity contribution in [2.24, 2.45) is 0 Å². The number of hydrogen-bond acceptors (Lipinski definition) is 6. The molecule has 2 aromatic rings. The molecule has 1 amide bonds. The first kappa shape index (κ1) is 13.8. The molecule has 0 saturated heterocycles. The average Bonchev–Trinajstić information content (AvgIpc) is 2.95. The lowest BCUT2D eigenvalue weighted by Gasteiger charge is -2.02. The van der Waals surface area contributed by atoms with Gasteiger partial charge in [-0.05, 0) is 35.0 Å². The van der Waals surface area contributed by atoms with Gasteiger partial charge >= 0.3 is 5.97 Å². The monoisotopic (exact) mass is 344 g/mol. The predicted octanol–water partition coefficient (Wildman–Crippen LogP) is 2.60. The molecule has 0 spiro atoms. The van der Waals surface area contributed by atoms with Gasteiger partial charge in [0.2, 0.25) is 5.88 Å². The Morgan fingerprint density at radius 2 is 2.32 bits per heavy atom. The van der Waals surface area contributed by atoms with Crippen LogP contribution >= 0.6 is 27.3 Å². The van der Waals surface area contributed by atoms with Crippen molar-refractivity contribution in [1.29, 1.82) is 0 Å². The van der Waals surface area contributed by atoms with Crippen molar-refractivity contribution in [1.82, 2.24) is 5.16 Å². The highest BCUT2D eigenvalue weighted by atomic mass is 79.9. The summed E-state index contributed by atoms with van der Waals surface area (Å²) in [6, 6.07) is 4.92. The number of rotatable bonds is 4. The molecule has 0 bridgehead atoms. The first-order chi connectivity index (χ1) is 9.04. The Labute approximate surface area is 120 Å². The quantitative estimate of drug-likeness (QED) is 0.862. The molecular weight excluding hydrogens is 336 g/mol. The van der Waals surface area contributed by atoms with Crippen molar-refractivity contribution < 1.29 is 18.8 Å². The standard InChI is InChI=1S/C11H9BrN2O4S/c1-6-4-10(18-14-6)13-9(15)5-17-11(16)7-2-3-8(12)19-7/h2-4H,5H2,1H3,(H,13,15). The molecule has 8 heteroatoms. The van der Waals surface area contributed by atoms with Crippen LogP contribution < -0.4 is 5.32 Å². The Hall–Kier alpha value is -1.67. The number of amides is 1. The van der Waals surface area contributed by atoms with Crippen LogP contribution in [-0.4, -0.2) is 23.6 Å². The Morgan fingerprint density at radius 1 is 1.53 bits per heavy atom. The zero-order chi connectivity index (χ0) is 13.8. The van der Waals surface area contributed by atoms with E-state index in [1.165, 1.54) is 11.3 Å². The fraction of sp³-hybridized carbons (Fsp3) is 0.182. The van der Waals surface area contributed by atoms with Crippen LogP contribution in [0.25, 0.3) is 0 Å². The van der Waals surface area contributed by atoms with Gasteiger partial charge in [0.15, 0.2) is 6.61 Å². The fourth-order valence-electron chi connectivity index (χ4n) is 1.22. The van der Waals surface area contributed by atoms with Crippen molar-refractivity contribution in [3.63, 3.8) is 0 Å². The van der Waals surface area contributed by atoms with E-state index in [1.807, 2.05) is 0 Å². The van der Waals surface area contributed by atoms with E-state index < -0.39 is 11.9 Å². The second-order valence-electron chi connectivity index (χ2n) is 3.56. The number of aromatic nitrogens is 1. The van der Waals surface area contributed by atoms with Crippen molar-refractivity contribution in [2.75, 3.05) is 11.9 Å². The predicted molar refractivity (Wildman–Crippen MR) is 72.2 cm³/mol. The summed E-state index contributed by atoms with van der Waals surface area (Å²) >= 11 is 4.48. The SMILES string of the molecule is Cc1cc(NC(=O)COC(=O)c2ccc(Br)s2)on1. The summed E-state index contributed by atoms with van der Waals surface area (Å²) in [6.45, 7) is 1.35. The molecule has 0 aromatic carbocycles. The van der Waals surface area contributed by atoms with E-state index in [9.17, 15) is 9.59 Å². The Bertz CT molecular complexity index is 607. The summed E-state index contributed by atoms with van der Waals surface area (Å²) in [4.78, 5) is 23.5. The minimum Gasteiger partial charge on any atom is -0.451 e. The van der Waals surface area contributed by atoms with E-state index in [0.29, 0.717) is 10.6 Å². The highest BCUT2D eigenvalue weighted by Gasteiger charge is 2.13. The number of carbonyl (C=O) groups excluding carboxylic acids is 2. The normalized spacial score (nSPS) is 10.2. The zero-order valence-corrected chi connectivity index (χ0v) is 12.2. The number of nitrogens with one attached hydrogen (secondary N) is 1. The van der Waals surface area contributed by atoms with Crippen LogP contribution in [0.1, 0.15) is 15.4 Å².